The Bertz CT molecular complexity index is 760. The van der Waals surface area contributed by atoms with Gasteiger partial charge >= 0.3 is 12.1 Å². The molecule has 2 N–H and O–H groups in total. The van der Waals surface area contributed by atoms with Gasteiger partial charge in [-0.15, -0.1) is 10.2 Å². The molecule has 2 saturated heterocycles. The van der Waals surface area contributed by atoms with E-state index >= 15 is 0 Å². The highest BCUT2D eigenvalue weighted by Gasteiger charge is 2.46. The monoisotopic (exact) mass is 393 g/mol. The molecular weight excluding hydrogens is 366 g/mol. The molecule has 1 aliphatic carbocycles. The summed E-state index contributed by atoms with van der Waals surface area (Å²) in [6.07, 6.45) is 3.33. The molecule has 1 aromatic heterocycles. The standard InChI is InChI=1S/C18H27N5O5/c1-18(2,3)28-16(24)19-11-5-4-10(8-11)14-20-21-15(27-14)13-7-6-12-9-22(13)17(25)23(12)26/h10-13,26H,4-9H2,1-3H3,(H,19,24)/t10?,11-,12+,13-/m0/s1. The predicted molar refractivity (Wildman–Crippen MR) is 95.5 cm³/mol. The number of fused-ring (bicyclic) bond motifs is 2. The number of hydrogen-bond acceptors (Lipinski definition) is 7. The summed E-state index contributed by atoms with van der Waals surface area (Å²) < 4.78 is 11.2. The topological polar surface area (TPSA) is 121 Å². The number of amides is 3. The van der Waals surface area contributed by atoms with E-state index < -0.39 is 17.7 Å². The van der Waals surface area contributed by atoms with Crippen LogP contribution in [0.3, 0.4) is 0 Å². The molecule has 2 aliphatic heterocycles. The second-order valence-electron chi connectivity index (χ2n) is 8.86. The highest BCUT2D eigenvalue weighted by molar-refractivity contribution is 5.76. The van der Waals surface area contributed by atoms with Crippen molar-refractivity contribution in [1.82, 2.24) is 25.5 Å². The minimum absolute atomic E-state index is 0.00810. The van der Waals surface area contributed by atoms with Gasteiger partial charge < -0.3 is 19.4 Å². The summed E-state index contributed by atoms with van der Waals surface area (Å²) in [5.74, 6) is 1.03. The van der Waals surface area contributed by atoms with Crippen LogP contribution in [-0.4, -0.2) is 61.7 Å². The zero-order valence-corrected chi connectivity index (χ0v) is 16.4. The van der Waals surface area contributed by atoms with Crippen molar-refractivity contribution < 1.29 is 24.0 Å². The molecular formula is C18H27N5O5. The number of alkyl carbamates (subject to hydrolysis) is 1. The fourth-order valence-electron chi connectivity index (χ4n) is 4.26. The molecule has 4 atom stereocenters. The number of rotatable bonds is 3. The molecule has 0 spiro atoms. The summed E-state index contributed by atoms with van der Waals surface area (Å²) in [4.78, 5) is 25.7. The van der Waals surface area contributed by atoms with Gasteiger partial charge in [-0.1, -0.05) is 0 Å². The van der Waals surface area contributed by atoms with Crippen molar-refractivity contribution in [3.05, 3.63) is 11.8 Å². The maximum Gasteiger partial charge on any atom is 0.407 e. The summed E-state index contributed by atoms with van der Waals surface area (Å²) in [5, 5.41) is 21.9. The Morgan fingerprint density at radius 3 is 2.71 bits per heavy atom. The number of hydrogen-bond donors (Lipinski definition) is 2. The minimum Gasteiger partial charge on any atom is -0.444 e. The van der Waals surface area contributed by atoms with Gasteiger partial charge in [0.05, 0.1) is 6.04 Å². The molecule has 1 aromatic rings. The summed E-state index contributed by atoms with van der Waals surface area (Å²) in [6.45, 7) is 5.97. The lowest BCUT2D eigenvalue weighted by Gasteiger charge is -2.27. The first-order chi connectivity index (χ1) is 13.2. The van der Waals surface area contributed by atoms with Crippen molar-refractivity contribution in [3.8, 4) is 0 Å². The Morgan fingerprint density at radius 2 is 1.96 bits per heavy atom. The number of hydroxylamine groups is 2. The summed E-state index contributed by atoms with van der Waals surface area (Å²) in [5.41, 5.74) is -0.528. The Hall–Kier alpha value is -2.36. The molecule has 3 heterocycles. The van der Waals surface area contributed by atoms with E-state index in [0.717, 1.165) is 17.9 Å². The second kappa shape index (κ2) is 6.91. The minimum atomic E-state index is -0.528. The molecule has 0 aromatic carbocycles. The quantitative estimate of drug-likeness (QED) is 0.757. The number of carbonyl (C=O) groups is 2. The molecule has 4 rings (SSSR count). The van der Waals surface area contributed by atoms with Crippen LogP contribution in [0.1, 0.15) is 76.6 Å². The summed E-state index contributed by atoms with van der Waals surface area (Å²) >= 11 is 0. The average Bonchev–Trinajstić information content (AvgIpc) is 3.31. The molecule has 3 amide bonds. The Labute approximate surface area is 163 Å². The average molecular weight is 393 g/mol. The van der Waals surface area contributed by atoms with Crippen molar-refractivity contribution in [2.75, 3.05) is 6.54 Å². The van der Waals surface area contributed by atoms with Crippen molar-refractivity contribution in [3.63, 3.8) is 0 Å². The fourth-order valence-corrected chi connectivity index (χ4v) is 4.26. The second-order valence-corrected chi connectivity index (χ2v) is 8.86. The number of carbonyl (C=O) groups excluding carboxylic acids is 2. The molecule has 10 heteroatoms. The van der Waals surface area contributed by atoms with Crippen LogP contribution in [0.25, 0.3) is 0 Å². The van der Waals surface area contributed by atoms with Gasteiger partial charge in [-0.05, 0) is 52.9 Å². The van der Waals surface area contributed by atoms with E-state index in [2.05, 4.69) is 15.5 Å². The van der Waals surface area contributed by atoms with Crippen molar-refractivity contribution >= 4 is 12.1 Å². The first-order valence-corrected chi connectivity index (χ1v) is 9.83. The molecule has 1 unspecified atom stereocenters. The van der Waals surface area contributed by atoms with Crippen LogP contribution in [0.2, 0.25) is 0 Å². The highest BCUT2D eigenvalue weighted by Crippen LogP contribution is 2.39. The number of piperidine rings is 1. The van der Waals surface area contributed by atoms with E-state index in [1.807, 2.05) is 20.8 Å². The normalized spacial score (nSPS) is 30.1. The van der Waals surface area contributed by atoms with Gasteiger partial charge in [-0.25, -0.2) is 14.7 Å². The van der Waals surface area contributed by atoms with Gasteiger partial charge in [0, 0.05) is 18.5 Å². The van der Waals surface area contributed by atoms with Gasteiger partial charge in [0.1, 0.15) is 11.6 Å². The van der Waals surface area contributed by atoms with E-state index in [-0.39, 0.29) is 24.0 Å². The molecule has 3 aliphatic rings. The molecule has 154 valence electrons. The third-order valence-corrected chi connectivity index (χ3v) is 5.59. The zero-order chi connectivity index (χ0) is 20.1. The Morgan fingerprint density at radius 1 is 1.21 bits per heavy atom. The maximum absolute atomic E-state index is 12.1. The molecule has 3 fully saturated rings. The molecule has 0 radical (unpaired) electrons. The maximum atomic E-state index is 12.1. The fraction of sp³-hybridized carbons (Fsp3) is 0.778. The first-order valence-electron chi connectivity index (χ1n) is 9.83. The van der Waals surface area contributed by atoms with E-state index in [1.165, 1.54) is 0 Å². The largest absolute Gasteiger partial charge is 0.444 e. The number of urea groups is 1. The number of aromatic nitrogens is 2. The SMILES string of the molecule is CC(C)(C)OC(=O)N[C@H]1CCC(c2nnc([C@@H]3CC[C@@H]4CN3C(=O)N4O)o2)C1. The van der Waals surface area contributed by atoms with Crippen LogP contribution < -0.4 is 5.32 Å². The van der Waals surface area contributed by atoms with Gasteiger partial charge in [0.25, 0.3) is 0 Å². The first kappa shape index (κ1) is 19.0. The molecule has 28 heavy (non-hydrogen) atoms. The summed E-state index contributed by atoms with van der Waals surface area (Å²) in [7, 11) is 0. The van der Waals surface area contributed by atoms with Crippen LogP contribution in [0.5, 0.6) is 0 Å². The van der Waals surface area contributed by atoms with E-state index in [0.29, 0.717) is 37.6 Å². The van der Waals surface area contributed by atoms with E-state index in [1.54, 1.807) is 4.90 Å². The lowest BCUT2D eigenvalue weighted by Crippen LogP contribution is -2.37. The van der Waals surface area contributed by atoms with Crippen LogP contribution in [-0.2, 0) is 4.74 Å². The van der Waals surface area contributed by atoms with Gasteiger partial charge in [0.15, 0.2) is 0 Å². The molecule has 2 bridgehead atoms. The highest BCUT2D eigenvalue weighted by atomic mass is 16.6. The number of ether oxygens (including phenoxy) is 1. The zero-order valence-electron chi connectivity index (χ0n) is 16.4. The Kier molecular flexibility index (Phi) is 4.68. The van der Waals surface area contributed by atoms with Gasteiger partial charge in [-0.2, -0.15) is 0 Å². The van der Waals surface area contributed by atoms with E-state index in [4.69, 9.17) is 9.15 Å². The lowest BCUT2D eigenvalue weighted by molar-refractivity contribution is -0.0584. The summed E-state index contributed by atoms with van der Waals surface area (Å²) in [6, 6.07) is -0.844. The van der Waals surface area contributed by atoms with Crippen LogP contribution >= 0.6 is 0 Å². The van der Waals surface area contributed by atoms with Crippen LogP contribution in [0.15, 0.2) is 4.42 Å². The van der Waals surface area contributed by atoms with Gasteiger partial charge in [-0.3, -0.25) is 5.21 Å². The lowest BCUT2D eigenvalue weighted by atomic mass is 10.0. The van der Waals surface area contributed by atoms with Crippen molar-refractivity contribution in [2.24, 2.45) is 0 Å². The Balaban J connectivity index is 1.36. The predicted octanol–water partition coefficient (Wildman–Crippen LogP) is 2.56. The van der Waals surface area contributed by atoms with Gasteiger partial charge in [0.2, 0.25) is 11.8 Å². The van der Waals surface area contributed by atoms with E-state index in [9.17, 15) is 14.8 Å². The van der Waals surface area contributed by atoms with Crippen molar-refractivity contribution in [1.29, 1.82) is 0 Å². The molecule has 1 saturated carbocycles. The molecule has 10 nitrogen and oxygen atoms in total. The third-order valence-electron chi connectivity index (χ3n) is 5.59. The van der Waals surface area contributed by atoms with Crippen LogP contribution in [0, 0.1) is 0 Å². The number of nitrogens with one attached hydrogen (secondary N) is 1. The third kappa shape index (κ3) is 3.65. The van der Waals surface area contributed by atoms with Crippen LogP contribution in [0.4, 0.5) is 9.59 Å². The van der Waals surface area contributed by atoms with Crippen molar-refractivity contribution in [2.45, 2.75) is 82.5 Å². The number of nitrogens with zero attached hydrogens (tertiary/aromatic N) is 4. The smallest absolute Gasteiger partial charge is 0.407 e.